The summed E-state index contributed by atoms with van der Waals surface area (Å²) < 4.78 is 40.1. The number of rotatable bonds is 7. The number of esters is 1. The van der Waals surface area contributed by atoms with Crippen molar-refractivity contribution in [3.63, 3.8) is 0 Å². The number of carbonyl (C=O) groups is 3. The normalized spacial score (nSPS) is 18.4. The largest absolute Gasteiger partial charge is 0.458 e. The topological polar surface area (TPSA) is 125 Å². The molecular weight excluding hydrogens is 509 g/mol. The number of urea groups is 1. The van der Waals surface area contributed by atoms with Gasteiger partial charge in [0.15, 0.2) is 11.1 Å². The molecule has 1 heterocycles. The summed E-state index contributed by atoms with van der Waals surface area (Å²) in [7, 11) is 0. The van der Waals surface area contributed by atoms with E-state index < -0.39 is 58.4 Å². The van der Waals surface area contributed by atoms with E-state index in [0.29, 0.717) is 11.3 Å². The zero-order valence-corrected chi connectivity index (χ0v) is 21.7. The Labute approximate surface area is 215 Å². The number of halogens is 1. The molecule has 0 saturated carbocycles. The molecule has 3 atom stereocenters. The van der Waals surface area contributed by atoms with Gasteiger partial charge in [0.25, 0.3) is 0 Å². The maximum absolute atomic E-state index is 14.6. The minimum atomic E-state index is -2.03. The minimum Gasteiger partial charge on any atom is -0.458 e. The number of benzene rings is 2. The Balaban J connectivity index is 1.72. The zero-order valence-electron chi connectivity index (χ0n) is 20.0. The standard InChI is InChI=1S/C24H28FN3O6S2/c1-24(2,3)34-22(30)19-13-35-21(17-9-4-5-10-18(17)25)28(19)20(29)12-26-23(31)27-16-8-6-7-15(11-16)14-36(32)33/h4-11,19,21H,12-14H2,1-3H3,(H,32,33)(H2,26,27,31). The number of hydrogen-bond acceptors (Lipinski definition) is 6. The van der Waals surface area contributed by atoms with Crippen molar-refractivity contribution in [3.05, 3.63) is 65.5 Å². The predicted molar refractivity (Wildman–Crippen MR) is 136 cm³/mol. The van der Waals surface area contributed by atoms with Crippen LogP contribution in [-0.4, -0.2) is 55.5 Å². The molecule has 9 nitrogen and oxygen atoms in total. The van der Waals surface area contributed by atoms with Gasteiger partial charge >= 0.3 is 12.0 Å². The summed E-state index contributed by atoms with van der Waals surface area (Å²) in [6, 6.07) is 10.8. The second kappa shape index (κ2) is 11.8. The Morgan fingerprint density at radius 3 is 2.58 bits per heavy atom. The van der Waals surface area contributed by atoms with Crippen molar-refractivity contribution in [1.29, 1.82) is 0 Å². The van der Waals surface area contributed by atoms with Crippen LogP contribution in [0.15, 0.2) is 48.5 Å². The average molecular weight is 538 g/mol. The van der Waals surface area contributed by atoms with Gasteiger partial charge in [-0.15, -0.1) is 11.8 Å². The van der Waals surface area contributed by atoms with Crippen LogP contribution in [0.25, 0.3) is 0 Å². The lowest BCUT2D eigenvalue weighted by molar-refractivity contribution is -0.163. The number of ether oxygens (including phenoxy) is 1. The van der Waals surface area contributed by atoms with Crippen LogP contribution < -0.4 is 10.6 Å². The van der Waals surface area contributed by atoms with Gasteiger partial charge in [-0.1, -0.05) is 30.3 Å². The van der Waals surface area contributed by atoms with Crippen LogP contribution in [0.4, 0.5) is 14.9 Å². The number of thioether (sulfide) groups is 1. The molecule has 3 rings (SSSR count). The first-order valence-corrected chi connectivity index (χ1v) is 13.4. The summed E-state index contributed by atoms with van der Waals surface area (Å²) in [5.41, 5.74) is 0.397. The number of hydrogen-bond donors (Lipinski definition) is 3. The summed E-state index contributed by atoms with van der Waals surface area (Å²) >= 11 is -0.786. The fraction of sp³-hybridized carbons (Fsp3) is 0.375. The van der Waals surface area contributed by atoms with Crippen molar-refractivity contribution in [2.45, 2.75) is 43.5 Å². The fourth-order valence-corrected chi connectivity index (χ4v) is 5.50. The van der Waals surface area contributed by atoms with Gasteiger partial charge in [-0.2, -0.15) is 0 Å². The highest BCUT2D eigenvalue weighted by Crippen LogP contribution is 2.42. The summed E-state index contributed by atoms with van der Waals surface area (Å²) in [6.07, 6.45) is 0. The van der Waals surface area contributed by atoms with Gasteiger partial charge in [-0.25, -0.2) is 18.2 Å². The van der Waals surface area contributed by atoms with E-state index in [1.54, 1.807) is 57.2 Å². The van der Waals surface area contributed by atoms with Crippen LogP contribution in [0, 0.1) is 5.82 Å². The fourth-order valence-electron chi connectivity index (χ4n) is 3.58. The third-order valence-electron chi connectivity index (χ3n) is 5.01. The van der Waals surface area contributed by atoms with Crippen LogP contribution in [0.5, 0.6) is 0 Å². The average Bonchev–Trinajstić information content (AvgIpc) is 3.22. The molecule has 1 aliphatic rings. The second-order valence-corrected chi connectivity index (χ2v) is 11.1. The van der Waals surface area contributed by atoms with Crippen molar-refractivity contribution in [2.24, 2.45) is 0 Å². The number of nitrogens with zero attached hydrogens (tertiary/aromatic N) is 1. The quantitative estimate of drug-likeness (QED) is 0.364. The molecule has 12 heteroatoms. The molecule has 1 saturated heterocycles. The molecule has 0 bridgehead atoms. The molecule has 0 aromatic heterocycles. The first kappa shape index (κ1) is 27.6. The van der Waals surface area contributed by atoms with Crippen molar-refractivity contribution in [1.82, 2.24) is 10.2 Å². The van der Waals surface area contributed by atoms with Crippen LogP contribution in [0.1, 0.15) is 37.3 Å². The van der Waals surface area contributed by atoms with Crippen LogP contribution >= 0.6 is 11.8 Å². The molecule has 2 aromatic rings. The first-order chi connectivity index (χ1) is 16.9. The summed E-state index contributed by atoms with van der Waals surface area (Å²) in [5, 5.41) is 4.25. The highest BCUT2D eigenvalue weighted by Gasteiger charge is 2.44. The third-order valence-corrected chi connectivity index (χ3v) is 6.90. The number of anilines is 1. The number of nitrogens with one attached hydrogen (secondary N) is 2. The lowest BCUT2D eigenvalue weighted by Gasteiger charge is -2.30. The third kappa shape index (κ3) is 7.52. The Bertz CT molecular complexity index is 1160. The van der Waals surface area contributed by atoms with Gasteiger partial charge < -0.3 is 24.8 Å². The predicted octanol–water partition coefficient (Wildman–Crippen LogP) is 3.65. The highest BCUT2D eigenvalue weighted by atomic mass is 32.2. The molecule has 3 N–H and O–H groups in total. The maximum atomic E-state index is 14.6. The van der Waals surface area contributed by atoms with E-state index in [-0.39, 0.29) is 17.1 Å². The molecule has 3 amide bonds. The Kier molecular flexibility index (Phi) is 9.09. The minimum absolute atomic E-state index is 0.0915. The molecule has 0 radical (unpaired) electrons. The van der Waals surface area contributed by atoms with E-state index in [1.165, 1.54) is 28.8 Å². The van der Waals surface area contributed by atoms with E-state index in [4.69, 9.17) is 9.29 Å². The summed E-state index contributed by atoms with van der Waals surface area (Å²) in [4.78, 5) is 39.8. The summed E-state index contributed by atoms with van der Waals surface area (Å²) in [6.45, 7) is 4.70. The second-order valence-electron chi connectivity index (χ2n) is 9.03. The van der Waals surface area contributed by atoms with Crippen molar-refractivity contribution < 1.29 is 32.3 Å². The lowest BCUT2D eigenvalue weighted by atomic mass is 10.1. The SMILES string of the molecule is CC(C)(C)OC(=O)C1CSC(c2ccccc2F)N1C(=O)CNC(=O)Nc1cccc(CS(=O)O)c1. The van der Waals surface area contributed by atoms with Crippen LogP contribution in [0.3, 0.4) is 0 Å². The smallest absolute Gasteiger partial charge is 0.330 e. The molecule has 0 spiro atoms. The van der Waals surface area contributed by atoms with E-state index >= 15 is 0 Å². The molecule has 194 valence electrons. The zero-order chi connectivity index (χ0) is 26.5. The van der Waals surface area contributed by atoms with E-state index in [9.17, 15) is 23.0 Å². The van der Waals surface area contributed by atoms with Gasteiger partial charge in [0, 0.05) is 17.0 Å². The van der Waals surface area contributed by atoms with Gasteiger partial charge in [0.05, 0.1) is 12.3 Å². The maximum Gasteiger partial charge on any atom is 0.330 e. The van der Waals surface area contributed by atoms with Crippen molar-refractivity contribution in [3.8, 4) is 0 Å². The Hall–Kier alpha value is -2.96. The highest BCUT2D eigenvalue weighted by molar-refractivity contribution is 7.99. The molecule has 1 fully saturated rings. The van der Waals surface area contributed by atoms with Gasteiger partial charge in [0.1, 0.15) is 22.8 Å². The summed E-state index contributed by atoms with van der Waals surface area (Å²) in [5.74, 6) is -1.57. The molecule has 36 heavy (non-hydrogen) atoms. The van der Waals surface area contributed by atoms with E-state index in [1.807, 2.05) is 0 Å². The molecular formula is C24H28FN3O6S2. The van der Waals surface area contributed by atoms with Crippen LogP contribution in [-0.2, 0) is 31.2 Å². The molecule has 3 unspecified atom stereocenters. The number of carbonyl (C=O) groups excluding carboxylic acids is 3. The van der Waals surface area contributed by atoms with Gasteiger partial charge in [-0.05, 0) is 44.5 Å². The van der Waals surface area contributed by atoms with Crippen molar-refractivity contribution in [2.75, 3.05) is 17.6 Å². The van der Waals surface area contributed by atoms with E-state index in [2.05, 4.69) is 10.6 Å². The number of amides is 3. The molecule has 2 aromatic carbocycles. The first-order valence-electron chi connectivity index (χ1n) is 11.1. The molecule has 0 aliphatic carbocycles. The monoisotopic (exact) mass is 537 g/mol. The Morgan fingerprint density at radius 1 is 1.19 bits per heavy atom. The van der Waals surface area contributed by atoms with Gasteiger partial charge in [-0.3, -0.25) is 4.79 Å². The van der Waals surface area contributed by atoms with Crippen molar-refractivity contribution >= 4 is 46.4 Å². The lowest BCUT2D eigenvalue weighted by Crippen LogP contribution is -2.49. The van der Waals surface area contributed by atoms with Gasteiger partial charge in [0.2, 0.25) is 5.91 Å². The molecule has 1 aliphatic heterocycles. The van der Waals surface area contributed by atoms with E-state index in [0.717, 1.165) is 0 Å². The van der Waals surface area contributed by atoms with Crippen LogP contribution in [0.2, 0.25) is 0 Å². The Morgan fingerprint density at radius 2 is 1.92 bits per heavy atom.